The maximum Gasteiger partial charge on any atom is 0.108 e. The lowest BCUT2D eigenvalue weighted by Gasteiger charge is -2.17. The van der Waals surface area contributed by atoms with Crippen LogP contribution in [0, 0.1) is 0 Å². The summed E-state index contributed by atoms with van der Waals surface area (Å²) >= 11 is 0. The Morgan fingerprint density at radius 2 is 2.07 bits per heavy atom. The first-order valence-electron chi connectivity index (χ1n) is 5.26. The third-order valence-corrected chi connectivity index (χ3v) is 2.62. The van der Waals surface area contributed by atoms with Crippen molar-refractivity contribution in [3.8, 4) is 0 Å². The first-order valence-corrected chi connectivity index (χ1v) is 5.26. The standard InChI is InChI=1S/C12H16N2O/c1-9(2)10-3-5-11(6-4-10)12-7-15-14-8-13-12/h3-6,8-9,12H,7H2,1-2H3,(H,13,14). The van der Waals surface area contributed by atoms with Crippen LogP contribution in [0.5, 0.6) is 0 Å². The van der Waals surface area contributed by atoms with Crippen LogP contribution < -0.4 is 5.48 Å². The molecule has 0 saturated carbocycles. The highest BCUT2D eigenvalue weighted by Crippen LogP contribution is 2.21. The average molecular weight is 204 g/mol. The quantitative estimate of drug-likeness (QED) is 0.802. The summed E-state index contributed by atoms with van der Waals surface area (Å²) in [5, 5.41) is 0. The molecule has 3 nitrogen and oxygen atoms in total. The molecule has 0 bridgehead atoms. The van der Waals surface area contributed by atoms with Crippen molar-refractivity contribution in [1.82, 2.24) is 5.48 Å². The van der Waals surface area contributed by atoms with Crippen LogP contribution >= 0.6 is 0 Å². The van der Waals surface area contributed by atoms with Crippen molar-refractivity contribution in [1.29, 1.82) is 0 Å². The van der Waals surface area contributed by atoms with E-state index < -0.39 is 0 Å². The Kier molecular flexibility index (Phi) is 3.02. The lowest BCUT2D eigenvalue weighted by Crippen LogP contribution is -2.22. The minimum atomic E-state index is 0.132. The van der Waals surface area contributed by atoms with E-state index in [9.17, 15) is 0 Å². The van der Waals surface area contributed by atoms with Crippen LogP contribution in [-0.2, 0) is 4.84 Å². The summed E-state index contributed by atoms with van der Waals surface area (Å²) in [7, 11) is 0. The van der Waals surface area contributed by atoms with Gasteiger partial charge in [0.2, 0.25) is 0 Å². The van der Waals surface area contributed by atoms with Gasteiger partial charge in [0.1, 0.15) is 19.0 Å². The molecule has 1 N–H and O–H groups in total. The van der Waals surface area contributed by atoms with Gasteiger partial charge in [-0.2, -0.15) is 0 Å². The van der Waals surface area contributed by atoms with Crippen molar-refractivity contribution in [2.75, 3.05) is 6.61 Å². The van der Waals surface area contributed by atoms with E-state index in [1.54, 1.807) is 6.34 Å². The first-order chi connectivity index (χ1) is 7.27. The van der Waals surface area contributed by atoms with E-state index in [1.165, 1.54) is 11.1 Å². The topological polar surface area (TPSA) is 33.6 Å². The Bertz CT molecular complexity index is 343. The summed E-state index contributed by atoms with van der Waals surface area (Å²) in [6, 6.07) is 8.72. The van der Waals surface area contributed by atoms with Gasteiger partial charge in [-0.1, -0.05) is 38.1 Å². The number of nitrogens with zero attached hydrogens (tertiary/aromatic N) is 1. The predicted molar refractivity (Wildman–Crippen MR) is 60.9 cm³/mol. The van der Waals surface area contributed by atoms with Crippen LogP contribution in [0.3, 0.4) is 0 Å². The van der Waals surface area contributed by atoms with E-state index in [1.807, 2.05) is 0 Å². The monoisotopic (exact) mass is 204 g/mol. The molecule has 0 spiro atoms. The number of hydrogen-bond acceptors (Lipinski definition) is 3. The number of benzene rings is 1. The van der Waals surface area contributed by atoms with E-state index in [2.05, 4.69) is 48.6 Å². The molecule has 1 aliphatic heterocycles. The molecule has 2 rings (SSSR count). The molecule has 0 aliphatic carbocycles. The van der Waals surface area contributed by atoms with E-state index in [-0.39, 0.29) is 6.04 Å². The molecule has 3 heteroatoms. The van der Waals surface area contributed by atoms with Crippen molar-refractivity contribution in [3.05, 3.63) is 35.4 Å². The van der Waals surface area contributed by atoms with Crippen LogP contribution in [0.2, 0.25) is 0 Å². The molecule has 0 amide bonds. The number of nitrogens with one attached hydrogen (secondary N) is 1. The fourth-order valence-electron chi connectivity index (χ4n) is 1.61. The summed E-state index contributed by atoms with van der Waals surface area (Å²) in [6.45, 7) is 4.99. The maximum absolute atomic E-state index is 5.11. The number of hydroxylamine groups is 1. The normalized spacial score (nSPS) is 20.3. The van der Waals surface area contributed by atoms with Gasteiger partial charge < -0.3 is 0 Å². The van der Waals surface area contributed by atoms with Crippen molar-refractivity contribution in [3.63, 3.8) is 0 Å². The van der Waals surface area contributed by atoms with Gasteiger partial charge in [-0.15, -0.1) is 0 Å². The molecule has 1 heterocycles. The van der Waals surface area contributed by atoms with Gasteiger partial charge in [0.25, 0.3) is 0 Å². The molecule has 80 valence electrons. The second kappa shape index (κ2) is 4.45. The summed E-state index contributed by atoms with van der Waals surface area (Å²) in [6.07, 6.45) is 1.60. The zero-order valence-corrected chi connectivity index (χ0v) is 9.10. The number of aliphatic imine (C=N–C) groups is 1. The third kappa shape index (κ3) is 2.36. The Morgan fingerprint density at radius 3 is 2.60 bits per heavy atom. The van der Waals surface area contributed by atoms with Crippen LogP contribution in [0.15, 0.2) is 29.3 Å². The number of hydrogen-bond donors (Lipinski definition) is 1. The average Bonchev–Trinajstić information content (AvgIpc) is 2.30. The van der Waals surface area contributed by atoms with Gasteiger partial charge in [-0.05, 0) is 17.0 Å². The Morgan fingerprint density at radius 1 is 1.33 bits per heavy atom. The molecule has 15 heavy (non-hydrogen) atoms. The van der Waals surface area contributed by atoms with Crippen LogP contribution in [-0.4, -0.2) is 12.9 Å². The minimum Gasteiger partial charge on any atom is -0.273 e. The van der Waals surface area contributed by atoms with Gasteiger partial charge >= 0.3 is 0 Å². The molecule has 0 fully saturated rings. The van der Waals surface area contributed by atoms with Gasteiger partial charge in [0.15, 0.2) is 0 Å². The molecule has 1 unspecified atom stereocenters. The zero-order valence-electron chi connectivity index (χ0n) is 9.10. The molecule has 1 aromatic rings. The molecule has 1 aliphatic rings. The van der Waals surface area contributed by atoms with Crippen molar-refractivity contribution >= 4 is 6.34 Å². The zero-order chi connectivity index (χ0) is 10.7. The minimum absolute atomic E-state index is 0.132. The van der Waals surface area contributed by atoms with Crippen molar-refractivity contribution in [2.24, 2.45) is 4.99 Å². The third-order valence-electron chi connectivity index (χ3n) is 2.62. The van der Waals surface area contributed by atoms with Gasteiger partial charge in [0, 0.05) is 0 Å². The lowest BCUT2D eigenvalue weighted by molar-refractivity contribution is 0.0660. The highest BCUT2D eigenvalue weighted by Gasteiger charge is 2.12. The second-order valence-corrected chi connectivity index (χ2v) is 4.04. The Balaban J connectivity index is 2.15. The molecule has 0 saturated heterocycles. The maximum atomic E-state index is 5.11. The SMILES string of the molecule is CC(C)c1ccc(C2CONC=N2)cc1. The molecule has 0 aromatic heterocycles. The summed E-state index contributed by atoms with van der Waals surface area (Å²) in [5.74, 6) is 0.576. The summed E-state index contributed by atoms with van der Waals surface area (Å²) < 4.78 is 0. The first kappa shape index (κ1) is 10.2. The van der Waals surface area contributed by atoms with E-state index in [0.717, 1.165) is 0 Å². The van der Waals surface area contributed by atoms with Crippen LogP contribution in [0.4, 0.5) is 0 Å². The Hall–Kier alpha value is -1.35. The summed E-state index contributed by atoms with van der Waals surface area (Å²) in [5.41, 5.74) is 5.19. The molecular formula is C12H16N2O. The van der Waals surface area contributed by atoms with Crippen LogP contribution in [0.1, 0.15) is 36.9 Å². The molecule has 1 atom stereocenters. The van der Waals surface area contributed by atoms with Gasteiger partial charge in [0.05, 0.1) is 0 Å². The number of rotatable bonds is 2. The molecule has 1 aromatic carbocycles. The predicted octanol–water partition coefficient (Wildman–Crippen LogP) is 2.41. The lowest BCUT2D eigenvalue weighted by atomic mass is 9.99. The van der Waals surface area contributed by atoms with E-state index >= 15 is 0 Å². The van der Waals surface area contributed by atoms with Crippen LogP contribution in [0.25, 0.3) is 0 Å². The van der Waals surface area contributed by atoms with Crippen molar-refractivity contribution in [2.45, 2.75) is 25.8 Å². The molecule has 0 radical (unpaired) electrons. The van der Waals surface area contributed by atoms with Gasteiger partial charge in [-0.25, -0.2) is 0 Å². The largest absolute Gasteiger partial charge is 0.273 e. The fourth-order valence-corrected chi connectivity index (χ4v) is 1.61. The summed E-state index contributed by atoms with van der Waals surface area (Å²) in [4.78, 5) is 9.43. The van der Waals surface area contributed by atoms with Gasteiger partial charge in [-0.3, -0.25) is 15.3 Å². The van der Waals surface area contributed by atoms with E-state index in [4.69, 9.17) is 4.84 Å². The Labute approximate surface area is 90.1 Å². The second-order valence-electron chi connectivity index (χ2n) is 4.04. The fraction of sp³-hybridized carbons (Fsp3) is 0.417. The highest BCUT2D eigenvalue weighted by atomic mass is 16.6. The van der Waals surface area contributed by atoms with Crippen molar-refractivity contribution < 1.29 is 4.84 Å². The highest BCUT2D eigenvalue weighted by molar-refractivity contribution is 5.54. The smallest absolute Gasteiger partial charge is 0.108 e. The van der Waals surface area contributed by atoms with E-state index in [0.29, 0.717) is 12.5 Å². The molecular weight excluding hydrogens is 188 g/mol.